The van der Waals surface area contributed by atoms with Gasteiger partial charge in [0.2, 0.25) is 0 Å². The Morgan fingerprint density at radius 1 is 0.900 bits per heavy atom. The average molecular weight is 284 g/mol. The van der Waals surface area contributed by atoms with Crippen LogP contribution in [0.2, 0.25) is 0 Å². The van der Waals surface area contributed by atoms with Crippen LogP contribution in [0.4, 0.5) is 0 Å². The van der Waals surface area contributed by atoms with Gasteiger partial charge in [-0.15, -0.1) is 0 Å². The second-order valence-corrected chi connectivity index (χ2v) is 5.82. The van der Waals surface area contributed by atoms with Gasteiger partial charge >= 0.3 is 5.97 Å². The van der Waals surface area contributed by atoms with Crippen molar-refractivity contribution in [3.63, 3.8) is 0 Å². The molecule has 3 heteroatoms. The van der Waals surface area contributed by atoms with Gasteiger partial charge in [-0.25, -0.2) is 0 Å². The predicted octanol–water partition coefficient (Wildman–Crippen LogP) is 4.63. The summed E-state index contributed by atoms with van der Waals surface area (Å²) in [5.74, 6) is -0.0474. The fourth-order valence-electron chi connectivity index (χ4n) is 2.66. The number of rotatable bonds is 13. The second kappa shape index (κ2) is 11.1. The van der Waals surface area contributed by atoms with E-state index in [1.165, 1.54) is 51.4 Å². The normalized spacial score (nSPS) is 20.9. The van der Waals surface area contributed by atoms with E-state index in [2.05, 4.69) is 6.92 Å². The summed E-state index contributed by atoms with van der Waals surface area (Å²) in [5.41, 5.74) is 0. The van der Waals surface area contributed by atoms with Crippen molar-refractivity contribution >= 4 is 5.97 Å². The van der Waals surface area contributed by atoms with Gasteiger partial charge in [0.15, 0.2) is 0 Å². The minimum Gasteiger partial charge on any atom is -0.466 e. The molecule has 1 rings (SSSR count). The van der Waals surface area contributed by atoms with Crippen molar-refractivity contribution in [1.29, 1.82) is 0 Å². The van der Waals surface area contributed by atoms with Gasteiger partial charge < -0.3 is 9.47 Å². The number of epoxide rings is 1. The smallest absolute Gasteiger partial charge is 0.305 e. The lowest BCUT2D eigenvalue weighted by Crippen LogP contribution is -2.03. The van der Waals surface area contributed by atoms with E-state index in [-0.39, 0.29) is 5.97 Å². The maximum absolute atomic E-state index is 11.1. The number of esters is 1. The largest absolute Gasteiger partial charge is 0.466 e. The highest BCUT2D eigenvalue weighted by Crippen LogP contribution is 2.31. The van der Waals surface area contributed by atoms with Crippen LogP contribution in [-0.2, 0) is 14.3 Å². The molecule has 1 saturated heterocycles. The van der Waals surface area contributed by atoms with Gasteiger partial charge in [-0.1, -0.05) is 51.9 Å². The Hall–Kier alpha value is -0.570. The minimum atomic E-state index is -0.0474. The number of carbonyl (C=O) groups excluding carboxylic acids is 1. The molecule has 118 valence electrons. The molecule has 2 atom stereocenters. The van der Waals surface area contributed by atoms with Crippen LogP contribution in [-0.4, -0.2) is 24.8 Å². The lowest BCUT2D eigenvalue weighted by atomic mass is 10.0. The third-order valence-corrected chi connectivity index (χ3v) is 3.95. The van der Waals surface area contributed by atoms with Gasteiger partial charge in [-0.05, 0) is 26.2 Å². The van der Waals surface area contributed by atoms with Crippen LogP contribution in [0.1, 0.15) is 84.5 Å². The third kappa shape index (κ3) is 8.57. The van der Waals surface area contributed by atoms with Crippen LogP contribution in [0.5, 0.6) is 0 Å². The Kier molecular flexibility index (Phi) is 9.73. The van der Waals surface area contributed by atoms with Crippen molar-refractivity contribution in [2.75, 3.05) is 6.61 Å². The van der Waals surface area contributed by atoms with E-state index in [9.17, 15) is 4.79 Å². The van der Waals surface area contributed by atoms with Crippen LogP contribution in [0.25, 0.3) is 0 Å². The fraction of sp³-hybridized carbons (Fsp3) is 0.941. The zero-order valence-corrected chi connectivity index (χ0v) is 13.4. The van der Waals surface area contributed by atoms with E-state index in [0.717, 1.165) is 12.8 Å². The molecule has 1 heterocycles. The molecule has 0 N–H and O–H groups in total. The Balaban J connectivity index is 1.79. The molecule has 0 saturated carbocycles. The molecule has 0 aromatic rings. The minimum absolute atomic E-state index is 0.0474. The molecule has 0 aliphatic carbocycles. The Morgan fingerprint density at radius 3 is 2.15 bits per heavy atom. The molecule has 1 aliphatic heterocycles. The summed E-state index contributed by atoms with van der Waals surface area (Å²) in [6.45, 7) is 4.60. The first-order valence-corrected chi connectivity index (χ1v) is 8.59. The second-order valence-electron chi connectivity index (χ2n) is 5.82. The van der Waals surface area contributed by atoms with Gasteiger partial charge in [-0.3, -0.25) is 4.79 Å². The van der Waals surface area contributed by atoms with Crippen LogP contribution < -0.4 is 0 Å². The van der Waals surface area contributed by atoms with Gasteiger partial charge in [-0.2, -0.15) is 0 Å². The van der Waals surface area contributed by atoms with Gasteiger partial charge in [0.05, 0.1) is 18.8 Å². The van der Waals surface area contributed by atoms with E-state index < -0.39 is 0 Å². The molecule has 20 heavy (non-hydrogen) atoms. The zero-order chi connectivity index (χ0) is 14.6. The summed E-state index contributed by atoms with van der Waals surface area (Å²) in [6, 6.07) is 0. The number of unbranched alkanes of at least 4 members (excludes halogenated alkanes) is 6. The van der Waals surface area contributed by atoms with Crippen LogP contribution in [0.3, 0.4) is 0 Å². The maximum Gasteiger partial charge on any atom is 0.305 e. The predicted molar refractivity (Wildman–Crippen MR) is 81.8 cm³/mol. The Labute approximate surface area is 124 Å². The van der Waals surface area contributed by atoms with Crippen LogP contribution in [0, 0.1) is 0 Å². The van der Waals surface area contributed by atoms with Gasteiger partial charge in [0.1, 0.15) is 0 Å². The molecule has 0 aromatic heterocycles. The summed E-state index contributed by atoms with van der Waals surface area (Å²) in [6.07, 6.45) is 14.1. The van der Waals surface area contributed by atoms with Crippen molar-refractivity contribution in [3.8, 4) is 0 Å². The van der Waals surface area contributed by atoms with E-state index in [1.54, 1.807) is 0 Å². The Morgan fingerprint density at radius 2 is 1.50 bits per heavy atom. The SMILES string of the molecule is CCCCCC1OC1CCCCCCCC(=O)OCC. The van der Waals surface area contributed by atoms with Crippen LogP contribution in [0.15, 0.2) is 0 Å². The molecule has 1 aliphatic rings. The molecule has 0 radical (unpaired) electrons. The molecular weight excluding hydrogens is 252 g/mol. The molecule has 1 fully saturated rings. The number of hydrogen-bond acceptors (Lipinski definition) is 3. The highest BCUT2D eigenvalue weighted by atomic mass is 16.6. The van der Waals surface area contributed by atoms with E-state index >= 15 is 0 Å². The average Bonchev–Trinajstić information content (AvgIpc) is 3.17. The summed E-state index contributed by atoms with van der Waals surface area (Å²) in [4.78, 5) is 11.1. The van der Waals surface area contributed by atoms with Crippen molar-refractivity contribution < 1.29 is 14.3 Å². The molecule has 0 amide bonds. The van der Waals surface area contributed by atoms with Crippen molar-refractivity contribution in [1.82, 2.24) is 0 Å². The molecular formula is C17H32O3. The summed E-state index contributed by atoms with van der Waals surface area (Å²) >= 11 is 0. The first-order chi connectivity index (χ1) is 9.77. The highest BCUT2D eigenvalue weighted by Gasteiger charge is 2.36. The quantitative estimate of drug-likeness (QED) is 0.281. The van der Waals surface area contributed by atoms with Crippen molar-refractivity contribution in [3.05, 3.63) is 0 Å². The highest BCUT2D eigenvalue weighted by molar-refractivity contribution is 5.69. The molecule has 0 aromatic carbocycles. The third-order valence-electron chi connectivity index (χ3n) is 3.95. The molecule has 2 unspecified atom stereocenters. The number of carbonyl (C=O) groups is 1. The first-order valence-electron chi connectivity index (χ1n) is 8.59. The van der Waals surface area contributed by atoms with Crippen LogP contribution >= 0.6 is 0 Å². The van der Waals surface area contributed by atoms with Gasteiger partial charge in [0, 0.05) is 6.42 Å². The summed E-state index contributed by atoms with van der Waals surface area (Å²) < 4.78 is 10.6. The standard InChI is InChI=1S/C17H32O3/c1-3-5-9-12-15-16(20-15)13-10-7-6-8-11-14-17(18)19-4-2/h15-16H,3-14H2,1-2H3. The lowest BCUT2D eigenvalue weighted by Gasteiger charge is -2.02. The van der Waals surface area contributed by atoms with Crippen molar-refractivity contribution in [2.45, 2.75) is 96.7 Å². The first kappa shape index (κ1) is 17.5. The molecule has 0 spiro atoms. The zero-order valence-electron chi connectivity index (χ0n) is 13.4. The topological polar surface area (TPSA) is 38.8 Å². The van der Waals surface area contributed by atoms with Gasteiger partial charge in [0.25, 0.3) is 0 Å². The fourth-order valence-corrected chi connectivity index (χ4v) is 2.66. The monoisotopic (exact) mass is 284 g/mol. The lowest BCUT2D eigenvalue weighted by molar-refractivity contribution is -0.143. The van der Waals surface area contributed by atoms with E-state index in [0.29, 0.717) is 25.2 Å². The summed E-state index contributed by atoms with van der Waals surface area (Å²) in [5, 5.41) is 0. The number of ether oxygens (including phenoxy) is 2. The van der Waals surface area contributed by atoms with E-state index in [1.807, 2.05) is 6.92 Å². The Bertz CT molecular complexity index is 253. The van der Waals surface area contributed by atoms with Crippen molar-refractivity contribution in [2.24, 2.45) is 0 Å². The number of hydrogen-bond donors (Lipinski definition) is 0. The molecule has 3 nitrogen and oxygen atoms in total. The summed E-state index contributed by atoms with van der Waals surface area (Å²) in [7, 11) is 0. The maximum atomic E-state index is 11.1. The molecule has 0 bridgehead atoms. The van der Waals surface area contributed by atoms with E-state index in [4.69, 9.17) is 9.47 Å².